The molecule has 76 valence electrons. The summed E-state index contributed by atoms with van der Waals surface area (Å²) in [6.07, 6.45) is 0. The van der Waals surface area contributed by atoms with Crippen molar-refractivity contribution in [2.75, 3.05) is 5.75 Å². The smallest absolute Gasteiger partial charge is 0.216 e. The highest BCUT2D eigenvalue weighted by atomic mass is 32.2. The highest BCUT2D eigenvalue weighted by molar-refractivity contribution is 7.89. The first-order chi connectivity index (χ1) is 6.40. The second kappa shape index (κ2) is 3.89. The van der Waals surface area contributed by atoms with Crippen molar-refractivity contribution in [1.29, 1.82) is 0 Å². The van der Waals surface area contributed by atoms with Crippen LogP contribution in [-0.4, -0.2) is 20.0 Å². The summed E-state index contributed by atoms with van der Waals surface area (Å²) in [5.74, 6) is -1.11. The second-order valence-corrected chi connectivity index (χ2v) is 4.66. The zero-order chi connectivity index (χ0) is 10.8. The summed E-state index contributed by atoms with van der Waals surface area (Å²) in [5, 5.41) is 4.78. The maximum Gasteiger partial charge on any atom is 0.216 e. The van der Waals surface area contributed by atoms with Crippen LogP contribution in [0.1, 0.15) is 15.9 Å². The average Bonchev–Trinajstić information content (AvgIpc) is 2.01. The van der Waals surface area contributed by atoms with Crippen molar-refractivity contribution in [2.24, 2.45) is 5.14 Å². The molecule has 0 fully saturated rings. The van der Waals surface area contributed by atoms with E-state index >= 15 is 0 Å². The SMILES string of the molecule is Cc1ccccc1C(=O)CS(N)(=O)=O. The highest BCUT2D eigenvalue weighted by Gasteiger charge is 2.14. The van der Waals surface area contributed by atoms with Gasteiger partial charge in [-0.1, -0.05) is 24.3 Å². The van der Waals surface area contributed by atoms with Crippen LogP contribution >= 0.6 is 0 Å². The third kappa shape index (κ3) is 2.93. The molecule has 0 heterocycles. The Morgan fingerprint density at radius 1 is 1.36 bits per heavy atom. The number of carbonyl (C=O) groups is 1. The number of hydrogen-bond donors (Lipinski definition) is 1. The molecule has 2 N–H and O–H groups in total. The molecule has 14 heavy (non-hydrogen) atoms. The molecule has 0 amide bonds. The molecule has 1 rings (SSSR count). The number of ketones is 1. The van der Waals surface area contributed by atoms with Crippen molar-refractivity contribution in [1.82, 2.24) is 0 Å². The third-order valence-electron chi connectivity index (χ3n) is 1.78. The van der Waals surface area contributed by atoms with Gasteiger partial charge in [-0.3, -0.25) is 4.79 Å². The number of nitrogens with two attached hydrogens (primary N) is 1. The van der Waals surface area contributed by atoms with Gasteiger partial charge in [0.05, 0.1) is 0 Å². The minimum Gasteiger partial charge on any atom is -0.293 e. The van der Waals surface area contributed by atoms with Crippen LogP contribution in [0.4, 0.5) is 0 Å². The monoisotopic (exact) mass is 213 g/mol. The van der Waals surface area contributed by atoms with E-state index in [1.165, 1.54) is 0 Å². The van der Waals surface area contributed by atoms with E-state index in [9.17, 15) is 13.2 Å². The summed E-state index contributed by atoms with van der Waals surface area (Å²) in [5.41, 5.74) is 1.16. The van der Waals surface area contributed by atoms with E-state index in [0.29, 0.717) is 5.56 Å². The maximum absolute atomic E-state index is 11.4. The molecule has 0 spiro atoms. The molecule has 0 radical (unpaired) electrons. The Kier molecular flexibility index (Phi) is 3.03. The highest BCUT2D eigenvalue weighted by Crippen LogP contribution is 2.08. The zero-order valence-corrected chi connectivity index (χ0v) is 8.54. The Morgan fingerprint density at radius 2 is 1.93 bits per heavy atom. The number of sulfonamides is 1. The predicted octanol–water partition coefficient (Wildman–Crippen LogP) is 0.466. The number of benzene rings is 1. The lowest BCUT2D eigenvalue weighted by Gasteiger charge is -2.02. The van der Waals surface area contributed by atoms with Crippen LogP contribution in [0.3, 0.4) is 0 Å². The Morgan fingerprint density at radius 3 is 2.43 bits per heavy atom. The predicted molar refractivity (Wildman–Crippen MR) is 53.5 cm³/mol. The van der Waals surface area contributed by atoms with Gasteiger partial charge in [-0.15, -0.1) is 0 Å². The standard InChI is InChI=1S/C9H11NO3S/c1-7-4-2-3-5-8(7)9(11)6-14(10,12)13/h2-5H,6H2,1H3,(H2,10,12,13). The third-order valence-corrected chi connectivity index (χ3v) is 2.44. The van der Waals surface area contributed by atoms with E-state index in [4.69, 9.17) is 5.14 Å². The van der Waals surface area contributed by atoms with Crippen LogP contribution in [0.5, 0.6) is 0 Å². The summed E-state index contributed by atoms with van der Waals surface area (Å²) in [6, 6.07) is 6.80. The topological polar surface area (TPSA) is 77.2 Å². The molecule has 1 aromatic rings. The first-order valence-electron chi connectivity index (χ1n) is 3.99. The minimum atomic E-state index is -3.74. The van der Waals surface area contributed by atoms with Gasteiger partial charge in [-0.05, 0) is 12.5 Å². The molecule has 4 nitrogen and oxygen atoms in total. The van der Waals surface area contributed by atoms with Crippen molar-refractivity contribution < 1.29 is 13.2 Å². The molecule has 0 saturated carbocycles. The lowest BCUT2D eigenvalue weighted by molar-refractivity contribution is 0.102. The summed E-state index contributed by atoms with van der Waals surface area (Å²) in [7, 11) is -3.74. The maximum atomic E-state index is 11.4. The van der Waals surface area contributed by atoms with E-state index in [1.54, 1.807) is 31.2 Å². The van der Waals surface area contributed by atoms with E-state index < -0.39 is 21.6 Å². The first kappa shape index (κ1) is 10.9. The van der Waals surface area contributed by atoms with Gasteiger partial charge in [-0.2, -0.15) is 0 Å². The Hall–Kier alpha value is -1.20. The van der Waals surface area contributed by atoms with Crippen LogP contribution in [0.25, 0.3) is 0 Å². The largest absolute Gasteiger partial charge is 0.293 e. The molecule has 0 aromatic heterocycles. The summed E-state index contributed by atoms with van der Waals surface area (Å²) < 4.78 is 21.4. The van der Waals surface area contributed by atoms with Gasteiger partial charge in [0.15, 0.2) is 5.78 Å². The van der Waals surface area contributed by atoms with Crippen molar-refractivity contribution >= 4 is 15.8 Å². The minimum absolute atomic E-state index is 0.404. The van der Waals surface area contributed by atoms with Crippen molar-refractivity contribution in [2.45, 2.75) is 6.92 Å². The number of Topliss-reactive ketones (excluding diaryl/α,β-unsaturated/α-hetero) is 1. The molecule has 0 unspecified atom stereocenters. The van der Waals surface area contributed by atoms with Gasteiger partial charge in [0.2, 0.25) is 10.0 Å². The molecule has 0 atom stereocenters. The Bertz CT molecular complexity index is 451. The van der Waals surface area contributed by atoms with Gasteiger partial charge in [-0.25, -0.2) is 13.6 Å². The number of carbonyl (C=O) groups excluding carboxylic acids is 1. The zero-order valence-electron chi connectivity index (χ0n) is 7.73. The van der Waals surface area contributed by atoms with E-state index in [0.717, 1.165) is 5.56 Å². The van der Waals surface area contributed by atoms with Crippen LogP contribution < -0.4 is 5.14 Å². The van der Waals surface area contributed by atoms with Crippen LogP contribution in [-0.2, 0) is 10.0 Å². The number of rotatable bonds is 3. The van der Waals surface area contributed by atoms with E-state index in [2.05, 4.69) is 0 Å². The molecule has 1 aromatic carbocycles. The van der Waals surface area contributed by atoms with Gasteiger partial charge < -0.3 is 0 Å². The molecule has 0 aliphatic heterocycles. The van der Waals surface area contributed by atoms with Crippen LogP contribution in [0.15, 0.2) is 24.3 Å². The van der Waals surface area contributed by atoms with Crippen LogP contribution in [0.2, 0.25) is 0 Å². The molecule has 0 aliphatic carbocycles. The average molecular weight is 213 g/mol. The van der Waals surface area contributed by atoms with Gasteiger partial charge >= 0.3 is 0 Å². The molecule has 0 bridgehead atoms. The Labute approximate surface area is 82.8 Å². The van der Waals surface area contributed by atoms with Crippen molar-refractivity contribution in [3.05, 3.63) is 35.4 Å². The molecular weight excluding hydrogens is 202 g/mol. The number of aryl methyl sites for hydroxylation is 1. The quantitative estimate of drug-likeness (QED) is 0.741. The summed E-state index contributed by atoms with van der Waals surface area (Å²) in [6.45, 7) is 1.75. The van der Waals surface area contributed by atoms with Crippen molar-refractivity contribution in [3.8, 4) is 0 Å². The fraction of sp³-hybridized carbons (Fsp3) is 0.222. The fourth-order valence-electron chi connectivity index (χ4n) is 1.15. The number of primary sulfonamides is 1. The number of hydrogen-bond acceptors (Lipinski definition) is 3. The van der Waals surface area contributed by atoms with Gasteiger partial charge in [0, 0.05) is 5.56 Å². The molecule has 5 heteroatoms. The first-order valence-corrected chi connectivity index (χ1v) is 5.71. The molecular formula is C9H11NO3S. The second-order valence-electron chi connectivity index (χ2n) is 3.05. The lowest BCUT2D eigenvalue weighted by Crippen LogP contribution is -2.23. The van der Waals surface area contributed by atoms with E-state index in [1.807, 2.05) is 0 Å². The van der Waals surface area contributed by atoms with Gasteiger partial charge in [0.1, 0.15) is 5.75 Å². The van der Waals surface area contributed by atoms with Crippen molar-refractivity contribution in [3.63, 3.8) is 0 Å². The summed E-state index contributed by atoms with van der Waals surface area (Å²) >= 11 is 0. The summed E-state index contributed by atoms with van der Waals surface area (Å²) in [4.78, 5) is 11.4. The van der Waals surface area contributed by atoms with Crippen LogP contribution in [0, 0.1) is 6.92 Å². The fourth-order valence-corrected chi connectivity index (χ4v) is 1.67. The van der Waals surface area contributed by atoms with E-state index in [-0.39, 0.29) is 0 Å². The van der Waals surface area contributed by atoms with Gasteiger partial charge in [0.25, 0.3) is 0 Å². The molecule has 0 saturated heterocycles. The Balaban J connectivity index is 2.97. The lowest BCUT2D eigenvalue weighted by atomic mass is 10.1. The molecule has 0 aliphatic rings. The normalized spacial score (nSPS) is 11.3.